The van der Waals surface area contributed by atoms with Gasteiger partial charge in [0.1, 0.15) is 0 Å². The molecule has 0 saturated heterocycles. The van der Waals surface area contributed by atoms with Crippen molar-refractivity contribution in [3.63, 3.8) is 0 Å². The van der Waals surface area contributed by atoms with Gasteiger partial charge in [0.15, 0.2) is 0 Å². The number of carbonyl (C=O) groups is 2. The summed E-state index contributed by atoms with van der Waals surface area (Å²) < 4.78 is 0. The molecule has 0 aromatic heterocycles. The van der Waals surface area contributed by atoms with E-state index in [1.807, 2.05) is 0 Å². The van der Waals surface area contributed by atoms with Gasteiger partial charge in [-0.1, -0.05) is 0 Å². The number of hydrogen-bond acceptors (Lipinski definition) is 2. The summed E-state index contributed by atoms with van der Waals surface area (Å²) in [6.07, 6.45) is 1.12. The Kier molecular flexibility index (Phi) is 7.41. The van der Waals surface area contributed by atoms with Gasteiger partial charge in [0.2, 0.25) is 0 Å². The SMILES string of the molecule is O=C(O)C=CC(=O)O.[Na]. The zero-order chi connectivity index (χ0) is 6.57. The molecule has 0 spiro atoms. The van der Waals surface area contributed by atoms with Crippen LogP contribution in [0.15, 0.2) is 12.2 Å². The van der Waals surface area contributed by atoms with Gasteiger partial charge in [-0.2, -0.15) is 0 Å². The summed E-state index contributed by atoms with van der Waals surface area (Å²) >= 11 is 0. The van der Waals surface area contributed by atoms with E-state index >= 15 is 0 Å². The molecule has 0 amide bonds. The third-order valence-corrected chi connectivity index (χ3v) is 0.368. The predicted octanol–water partition coefficient (Wildman–Crippen LogP) is -0.669. The van der Waals surface area contributed by atoms with E-state index in [4.69, 9.17) is 10.2 Å². The second-order valence-corrected chi connectivity index (χ2v) is 1.01. The van der Waals surface area contributed by atoms with E-state index in [0.717, 1.165) is 0 Å². The van der Waals surface area contributed by atoms with E-state index in [9.17, 15) is 9.59 Å². The molecule has 9 heavy (non-hydrogen) atoms. The van der Waals surface area contributed by atoms with Crippen molar-refractivity contribution in [3.05, 3.63) is 12.2 Å². The summed E-state index contributed by atoms with van der Waals surface area (Å²) in [6, 6.07) is 0. The maximum atomic E-state index is 9.55. The van der Waals surface area contributed by atoms with Crippen LogP contribution in [0.3, 0.4) is 0 Å². The minimum atomic E-state index is -1.26. The second kappa shape index (κ2) is 5.81. The zero-order valence-corrected chi connectivity index (χ0v) is 6.87. The van der Waals surface area contributed by atoms with Crippen molar-refractivity contribution in [2.75, 3.05) is 0 Å². The van der Waals surface area contributed by atoms with Crippen LogP contribution in [0.2, 0.25) is 0 Å². The standard InChI is InChI=1S/C4H4O4.Na/c5-3(6)1-2-4(7)8;/h1-2H,(H,5,6)(H,7,8);. The number of carboxylic acids is 2. The smallest absolute Gasteiger partial charge is 0.328 e. The van der Waals surface area contributed by atoms with Gasteiger partial charge < -0.3 is 10.2 Å². The molecule has 0 heterocycles. The van der Waals surface area contributed by atoms with Crippen LogP contribution in [0.5, 0.6) is 0 Å². The first-order valence-corrected chi connectivity index (χ1v) is 1.77. The number of hydrogen-bond donors (Lipinski definition) is 2. The Balaban J connectivity index is 0. The first-order chi connectivity index (χ1) is 3.63. The van der Waals surface area contributed by atoms with E-state index in [1.54, 1.807) is 0 Å². The molecule has 45 valence electrons. The summed E-state index contributed by atoms with van der Waals surface area (Å²) in [5.74, 6) is -2.51. The molecule has 0 aliphatic carbocycles. The molecule has 0 aromatic rings. The van der Waals surface area contributed by atoms with Gasteiger partial charge in [0.25, 0.3) is 0 Å². The van der Waals surface area contributed by atoms with Crippen LogP contribution in [-0.2, 0) is 9.59 Å². The molecule has 0 fully saturated rings. The van der Waals surface area contributed by atoms with E-state index in [-0.39, 0.29) is 29.6 Å². The van der Waals surface area contributed by atoms with Crippen LogP contribution in [0.1, 0.15) is 0 Å². The van der Waals surface area contributed by atoms with Crippen molar-refractivity contribution in [1.82, 2.24) is 0 Å². The molecule has 2 N–H and O–H groups in total. The van der Waals surface area contributed by atoms with Crippen LogP contribution < -0.4 is 0 Å². The average molecular weight is 139 g/mol. The Labute approximate surface area is 73.5 Å². The Morgan fingerprint density at radius 3 is 1.33 bits per heavy atom. The average Bonchev–Trinajstić information content (AvgIpc) is 1.61. The molecule has 0 aliphatic rings. The third kappa shape index (κ3) is 11.3. The molecule has 0 aromatic carbocycles. The molecule has 0 atom stereocenters. The molecule has 0 saturated carbocycles. The molecular weight excluding hydrogens is 135 g/mol. The molecule has 0 aliphatic heterocycles. The number of rotatable bonds is 2. The van der Waals surface area contributed by atoms with Crippen molar-refractivity contribution in [2.24, 2.45) is 0 Å². The quantitative estimate of drug-likeness (QED) is 0.393. The largest absolute Gasteiger partial charge is 0.478 e. The van der Waals surface area contributed by atoms with Crippen molar-refractivity contribution in [1.29, 1.82) is 0 Å². The number of carboxylic acid groups (broad SMARTS) is 2. The summed E-state index contributed by atoms with van der Waals surface area (Å²) in [5.41, 5.74) is 0. The van der Waals surface area contributed by atoms with Crippen LogP contribution in [0, 0.1) is 0 Å². The van der Waals surface area contributed by atoms with Crippen molar-refractivity contribution >= 4 is 41.5 Å². The van der Waals surface area contributed by atoms with Crippen molar-refractivity contribution < 1.29 is 19.8 Å². The Hall–Kier alpha value is -0.320. The van der Waals surface area contributed by atoms with Gasteiger partial charge in [0.05, 0.1) is 0 Å². The second-order valence-electron chi connectivity index (χ2n) is 1.01. The van der Waals surface area contributed by atoms with Crippen LogP contribution in [0.4, 0.5) is 0 Å². The maximum absolute atomic E-state index is 9.55. The summed E-state index contributed by atoms with van der Waals surface area (Å²) in [5, 5.41) is 15.6. The Morgan fingerprint density at radius 1 is 1.00 bits per heavy atom. The number of aliphatic carboxylic acids is 2. The van der Waals surface area contributed by atoms with Crippen molar-refractivity contribution in [2.45, 2.75) is 0 Å². The van der Waals surface area contributed by atoms with Crippen LogP contribution in [0.25, 0.3) is 0 Å². The van der Waals surface area contributed by atoms with Gasteiger partial charge in [-0.05, 0) is 0 Å². The van der Waals surface area contributed by atoms with Crippen LogP contribution in [-0.4, -0.2) is 51.7 Å². The molecule has 0 rings (SSSR count). The molecule has 5 heteroatoms. The monoisotopic (exact) mass is 139 g/mol. The maximum Gasteiger partial charge on any atom is 0.328 e. The van der Waals surface area contributed by atoms with Crippen molar-refractivity contribution in [3.8, 4) is 0 Å². The van der Waals surface area contributed by atoms with Gasteiger partial charge in [0, 0.05) is 41.7 Å². The first kappa shape index (κ1) is 11.5. The summed E-state index contributed by atoms with van der Waals surface area (Å²) in [6.45, 7) is 0. The zero-order valence-electron chi connectivity index (χ0n) is 4.87. The minimum Gasteiger partial charge on any atom is -0.478 e. The fourth-order valence-electron chi connectivity index (χ4n) is 0.143. The fraction of sp³-hybridized carbons (Fsp3) is 0. The van der Waals surface area contributed by atoms with E-state index in [1.165, 1.54) is 0 Å². The molecule has 0 unspecified atom stereocenters. The molecule has 1 radical (unpaired) electrons. The topological polar surface area (TPSA) is 74.6 Å². The fourth-order valence-corrected chi connectivity index (χ4v) is 0.143. The Morgan fingerprint density at radius 2 is 1.22 bits per heavy atom. The summed E-state index contributed by atoms with van der Waals surface area (Å²) in [7, 11) is 0. The normalized spacial score (nSPS) is 8.44. The molecular formula is C4H4NaO4. The predicted molar refractivity (Wildman–Crippen MR) is 30.2 cm³/mol. The van der Waals surface area contributed by atoms with Gasteiger partial charge >= 0.3 is 11.9 Å². The van der Waals surface area contributed by atoms with Crippen LogP contribution >= 0.6 is 0 Å². The Bertz CT molecular complexity index is 124. The van der Waals surface area contributed by atoms with Gasteiger partial charge in [-0.25, -0.2) is 9.59 Å². The van der Waals surface area contributed by atoms with Gasteiger partial charge in [-0.15, -0.1) is 0 Å². The minimum absolute atomic E-state index is 0. The third-order valence-electron chi connectivity index (χ3n) is 0.368. The summed E-state index contributed by atoms with van der Waals surface area (Å²) in [4.78, 5) is 19.1. The van der Waals surface area contributed by atoms with E-state index in [0.29, 0.717) is 12.2 Å². The van der Waals surface area contributed by atoms with Gasteiger partial charge in [-0.3, -0.25) is 0 Å². The van der Waals surface area contributed by atoms with E-state index < -0.39 is 11.9 Å². The first-order valence-electron chi connectivity index (χ1n) is 1.77. The molecule has 4 nitrogen and oxygen atoms in total. The van der Waals surface area contributed by atoms with E-state index in [2.05, 4.69) is 0 Å². The molecule has 0 bridgehead atoms.